The zero-order chi connectivity index (χ0) is 19.7. The van der Waals surface area contributed by atoms with Gasteiger partial charge in [0.1, 0.15) is 12.6 Å². The normalized spacial score (nSPS) is 21.6. The summed E-state index contributed by atoms with van der Waals surface area (Å²) in [4.78, 5) is 26.6. The van der Waals surface area contributed by atoms with Gasteiger partial charge in [-0.05, 0) is 36.2 Å². The monoisotopic (exact) mass is 441 g/mol. The van der Waals surface area contributed by atoms with Crippen LogP contribution >= 0.6 is 15.9 Å². The number of benzene rings is 2. The first kappa shape index (κ1) is 18.7. The molecule has 0 N–H and O–H groups in total. The van der Waals surface area contributed by atoms with Crippen molar-refractivity contribution >= 4 is 39.3 Å². The van der Waals surface area contributed by atoms with Crippen molar-refractivity contribution in [3.8, 4) is 0 Å². The number of carbonyl (C=O) groups is 2. The molecule has 6 nitrogen and oxygen atoms in total. The van der Waals surface area contributed by atoms with Crippen LogP contribution < -0.4 is 5.01 Å². The Hall–Kier alpha value is -2.67. The van der Waals surface area contributed by atoms with Crippen LogP contribution in [0.4, 0.5) is 10.5 Å². The Morgan fingerprint density at radius 1 is 1.18 bits per heavy atom. The third kappa shape index (κ3) is 3.30. The van der Waals surface area contributed by atoms with Crippen molar-refractivity contribution < 1.29 is 14.3 Å². The molecule has 28 heavy (non-hydrogen) atoms. The summed E-state index contributed by atoms with van der Waals surface area (Å²) in [6.07, 6.45) is 0.142. The van der Waals surface area contributed by atoms with Gasteiger partial charge in [0.2, 0.25) is 0 Å². The second kappa shape index (κ2) is 7.75. The number of cyclic esters (lactones) is 1. The summed E-state index contributed by atoms with van der Waals surface area (Å²) in [5.74, 6) is -0.404. The highest BCUT2D eigenvalue weighted by Crippen LogP contribution is 2.34. The van der Waals surface area contributed by atoms with E-state index in [1.54, 1.807) is 5.01 Å². The summed E-state index contributed by atoms with van der Waals surface area (Å²) in [5.41, 5.74) is 2.64. The predicted molar refractivity (Wildman–Crippen MR) is 110 cm³/mol. The van der Waals surface area contributed by atoms with E-state index in [4.69, 9.17) is 9.84 Å². The molecule has 0 bridgehead atoms. The Morgan fingerprint density at radius 3 is 2.50 bits per heavy atom. The van der Waals surface area contributed by atoms with Crippen molar-refractivity contribution in [1.29, 1.82) is 0 Å². The molecule has 2 heterocycles. The fourth-order valence-corrected chi connectivity index (χ4v) is 3.98. The zero-order valence-corrected chi connectivity index (χ0v) is 17.0. The number of ether oxygens (including phenoxy) is 1. The lowest BCUT2D eigenvalue weighted by molar-refractivity contribution is -0.129. The van der Waals surface area contributed by atoms with Gasteiger partial charge in [0.05, 0.1) is 17.9 Å². The summed E-state index contributed by atoms with van der Waals surface area (Å²) >= 11 is 3.44. The maximum Gasteiger partial charge on any atom is 0.416 e. The van der Waals surface area contributed by atoms with E-state index in [1.165, 1.54) is 4.90 Å². The van der Waals surface area contributed by atoms with Crippen LogP contribution in [-0.4, -0.2) is 41.8 Å². The van der Waals surface area contributed by atoms with Crippen LogP contribution in [0.5, 0.6) is 0 Å². The van der Waals surface area contributed by atoms with Gasteiger partial charge in [-0.25, -0.2) is 9.69 Å². The molecule has 0 radical (unpaired) electrons. The van der Waals surface area contributed by atoms with E-state index in [0.717, 1.165) is 27.9 Å². The highest BCUT2D eigenvalue weighted by atomic mass is 79.9. The molecule has 2 aromatic carbocycles. The number of hydrogen-bond donors (Lipinski definition) is 0. The van der Waals surface area contributed by atoms with Gasteiger partial charge in [-0.3, -0.25) is 9.80 Å². The number of hydrogen-bond acceptors (Lipinski definition) is 5. The SMILES string of the molecule is CC[C@H]1C(c2ccccc2)=NN(c2ccc(Br)cc2)[C@@H]1C(=O)N1CCOC1=O. The highest BCUT2D eigenvalue weighted by Gasteiger charge is 2.46. The first-order valence-electron chi connectivity index (χ1n) is 9.27. The van der Waals surface area contributed by atoms with E-state index in [2.05, 4.69) is 15.9 Å². The molecule has 0 aliphatic carbocycles. The lowest BCUT2D eigenvalue weighted by atomic mass is 9.88. The molecular formula is C21H20BrN3O3. The van der Waals surface area contributed by atoms with E-state index in [-0.39, 0.29) is 25.0 Å². The molecule has 0 aromatic heterocycles. The fraction of sp³-hybridized carbons (Fsp3) is 0.286. The number of nitrogens with zero attached hydrogens (tertiary/aromatic N) is 3. The minimum absolute atomic E-state index is 0.132. The quantitative estimate of drug-likeness (QED) is 0.717. The van der Waals surface area contributed by atoms with Crippen molar-refractivity contribution in [2.45, 2.75) is 19.4 Å². The Labute approximate surface area is 171 Å². The van der Waals surface area contributed by atoms with Gasteiger partial charge >= 0.3 is 6.09 Å². The van der Waals surface area contributed by atoms with E-state index in [1.807, 2.05) is 61.5 Å². The number of anilines is 1. The average molecular weight is 442 g/mol. The summed E-state index contributed by atoms with van der Waals surface area (Å²) in [7, 11) is 0. The summed E-state index contributed by atoms with van der Waals surface area (Å²) in [5, 5.41) is 6.59. The van der Waals surface area contributed by atoms with Crippen LogP contribution in [-0.2, 0) is 9.53 Å². The van der Waals surface area contributed by atoms with E-state index in [9.17, 15) is 9.59 Å². The third-order valence-electron chi connectivity index (χ3n) is 5.09. The molecule has 2 aliphatic heterocycles. The minimum atomic E-state index is -0.591. The summed E-state index contributed by atoms with van der Waals surface area (Å²) < 4.78 is 5.93. The maximum absolute atomic E-state index is 13.4. The number of imide groups is 1. The standard InChI is InChI=1S/C21H20BrN3O3/c1-2-17-18(14-6-4-3-5-7-14)23-25(16-10-8-15(22)9-11-16)19(17)20(26)24-12-13-28-21(24)27/h3-11,17,19H,2,12-13H2,1H3/t17-,19-/m0/s1. The number of rotatable bonds is 4. The molecule has 2 aliphatic rings. The van der Waals surface area contributed by atoms with Crippen LogP contribution in [0.1, 0.15) is 18.9 Å². The molecule has 0 spiro atoms. The fourth-order valence-electron chi connectivity index (χ4n) is 3.71. The second-order valence-electron chi connectivity index (χ2n) is 6.74. The van der Waals surface area contributed by atoms with Crippen LogP contribution in [0.15, 0.2) is 64.2 Å². The average Bonchev–Trinajstić information content (AvgIpc) is 3.32. The first-order valence-corrected chi connectivity index (χ1v) is 10.1. The maximum atomic E-state index is 13.4. The lowest BCUT2D eigenvalue weighted by Crippen LogP contribution is -2.49. The number of halogens is 1. The van der Waals surface area contributed by atoms with Gasteiger partial charge in [-0.1, -0.05) is 53.2 Å². The van der Waals surface area contributed by atoms with E-state index < -0.39 is 12.1 Å². The van der Waals surface area contributed by atoms with Crippen molar-refractivity contribution in [1.82, 2.24) is 4.90 Å². The van der Waals surface area contributed by atoms with Crippen molar-refractivity contribution in [3.63, 3.8) is 0 Å². The molecule has 4 rings (SSSR count). The molecule has 1 fully saturated rings. The molecular weight excluding hydrogens is 422 g/mol. The van der Waals surface area contributed by atoms with Crippen LogP contribution in [0, 0.1) is 5.92 Å². The Bertz CT molecular complexity index is 914. The van der Waals surface area contributed by atoms with Gasteiger partial charge in [-0.15, -0.1) is 0 Å². The zero-order valence-electron chi connectivity index (χ0n) is 15.4. The Balaban J connectivity index is 1.77. The Kier molecular flexibility index (Phi) is 5.17. The molecule has 7 heteroatoms. The van der Waals surface area contributed by atoms with Crippen LogP contribution in [0.25, 0.3) is 0 Å². The lowest BCUT2D eigenvalue weighted by Gasteiger charge is -2.28. The van der Waals surface area contributed by atoms with Gasteiger partial charge < -0.3 is 4.74 Å². The van der Waals surface area contributed by atoms with Gasteiger partial charge in [0.25, 0.3) is 5.91 Å². The molecule has 1 saturated heterocycles. The molecule has 0 saturated carbocycles. The van der Waals surface area contributed by atoms with Gasteiger partial charge in [-0.2, -0.15) is 5.10 Å². The topological polar surface area (TPSA) is 62.2 Å². The number of carbonyl (C=O) groups excluding carboxylic acids is 2. The molecule has 144 valence electrons. The summed E-state index contributed by atoms with van der Waals surface area (Å²) in [6.45, 7) is 2.55. The minimum Gasteiger partial charge on any atom is -0.447 e. The molecule has 2 atom stereocenters. The van der Waals surface area contributed by atoms with Crippen molar-refractivity contribution in [2.24, 2.45) is 11.0 Å². The van der Waals surface area contributed by atoms with Gasteiger partial charge in [0.15, 0.2) is 0 Å². The van der Waals surface area contributed by atoms with E-state index in [0.29, 0.717) is 0 Å². The first-order chi connectivity index (χ1) is 13.6. The third-order valence-corrected chi connectivity index (χ3v) is 5.62. The van der Waals surface area contributed by atoms with E-state index >= 15 is 0 Å². The largest absolute Gasteiger partial charge is 0.447 e. The Morgan fingerprint density at radius 2 is 1.89 bits per heavy atom. The van der Waals surface area contributed by atoms with Crippen molar-refractivity contribution in [2.75, 3.05) is 18.2 Å². The smallest absolute Gasteiger partial charge is 0.416 e. The van der Waals surface area contributed by atoms with Crippen LogP contribution in [0.2, 0.25) is 0 Å². The van der Waals surface area contributed by atoms with Crippen molar-refractivity contribution in [3.05, 3.63) is 64.6 Å². The highest BCUT2D eigenvalue weighted by molar-refractivity contribution is 9.10. The number of amides is 2. The molecule has 2 amide bonds. The van der Waals surface area contributed by atoms with Gasteiger partial charge in [0, 0.05) is 10.4 Å². The second-order valence-corrected chi connectivity index (χ2v) is 7.65. The molecule has 2 aromatic rings. The number of hydrazone groups is 1. The van der Waals surface area contributed by atoms with Crippen LogP contribution in [0.3, 0.4) is 0 Å². The predicted octanol–water partition coefficient (Wildman–Crippen LogP) is 4.05. The molecule has 0 unspecified atom stereocenters. The summed E-state index contributed by atoms with van der Waals surface area (Å²) in [6, 6.07) is 16.9.